The van der Waals surface area contributed by atoms with Gasteiger partial charge in [0.1, 0.15) is 6.54 Å². The maximum absolute atomic E-state index is 11.0. The summed E-state index contributed by atoms with van der Waals surface area (Å²) in [6.45, 7) is 3.55. The van der Waals surface area contributed by atoms with E-state index < -0.39 is 5.97 Å². The molecule has 0 fully saturated rings. The quantitative estimate of drug-likeness (QED) is 0.724. The fourth-order valence-corrected chi connectivity index (χ4v) is 2.82. The Morgan fingerprint density at radius 1 is 1.19 bits per heavy atom. The molecule has 8 nitrogen and oxygen atoms in total. The predicted octanol–water partition coefficient (Wildman–Crippen LogP) is 2.92. The molecule has 0 saturated heterocycles. The summed E-state index contributed by atoms with van der Waals surface area (Å²) in [5.41, 5.74) is 3.00. The zero-order valence-electron chi connectivity index (χ0n) is 14.9. The Morgan fingerprint density at radius 3 is 2.58 bits per heavy atom. The molecule has 2 aromatic heterocycles. The molecule has 0 bridgehead atoms. The molecule has 26 heavy (non-hydrogen) atoms. The molecular formula is C18H19N3O5. The van der Waals surface area contributed by atoms with Gasteiger partial charge in [0.15, 0.2) is 11.5 Å². The summed E-state index contributed by atoms with van der Waals surface area (Å²) in [6.07, 6.45) is 0. The second kappa shape index (κ2) is 6.91. The Bertz CT molecular complexity index is 958. The Morgan fingerprint density at radius 2 is 1.92 bits per heavy atom. The number of rotatable bonds is 6. The van der Waals surface area contributed by atoms with Gasteiger partial charge in [-0.2, -0.15) is 4.98 Å². The van der Waals surface area contributed by atoms with Crippen LogP contribution in [0.1, 0.15) is 11.4 Å². The third-order valence-electron chi connectivity index (χ3n) is 4.17. The summed E-state index contributed by atoms with van der Waals surface area (Å²) in [5, 5.41) is 13.1. The number of aromatic nitrogens is 3. The SMILES string of the molecule is COc1ccc(-c2noc(-c3cc(C)n(CC(=O)O)c3C)n2)cc1OC. The molecule has 0 aliphatic carbocycles. The van der Waals surface area contributed by atoms with Crippen molar-refractivity contribution in [2.24, 2.45) is 0 Å². The first-order valence-corrected chi connectivity index (χ1v) is 7.89. The minimum Gasteiger partial charge on any atom is -0.493 e. The highest BCUT2D eigenvalue weighted by molar-refractivity contribution is 5.69. The average molecular weight is 357 g/mol. The maximum Gasteiger partial charge on any atom is 0.323 e. The lowest BCUT2D eigenvalue weighted by Gasteiger charge is -2.07. The van der Waals surface area contributed by atoms with Crippen molar-refractivity contribution in [3.05, 3.63) is 35.7 Å². The highest BCUT2D eigenvalue weighted by Crippen LogP contribution is 2.33. The molecular weight excluding hydrogens is 338 g/mol. The second-order valence-corrected chi connectivity index (χ2v) is 5.76. The normalized spacial score (nSPS) is 10.8. The van der Waals surface area contributed by atoms with Gasteiger partial charge < -0.3 is 23.7 Å². The molecule has 136 valence electrons. The molecule has 1 aromatic carbocycles. The zero-order valence-corrected chi connectivity index (χ0v) is 14.9. The number of carboxylic acid groups (broad SMARTS) is 1. The van der Waals surface area contributed by atoms with Crippen molar-refractivity contribution in [2.45, 2.75) is 20.4 Å². The third-order valence-corrected chi connectivity index (χ3v) is 4.17. The van der Waals surface area contributed by atoms with E-state index in [4.69, 9.17) is 19.1 Å². The standard InChI is InChI=1S/C18H19N3O5/c1-10-7-13(11(2)21(10)9-16(22)23)18-19-17(20-26-18)12-5-6-14(24-3)15(8-12)25-4/h5-8H,9H2,1-4H3,(H,22,23). The number of hydrogen-bond acceptors (Lipinski definition) is 6. The molecule has 0 spiro atoms. The number of methoxy groups -OCH3 is 2. The minimum atomic E-state index is -0.908. The van der Waals surface area contributed by atoms with Crippen LogP contribution in [-0.2, 0) is 11.3 Å². The van der Waals surface area contributed by atoms with Gasteiger partial charge in [-0.05, 0) is 38.1 Å². The fourth-order valence-electron chi connectivity index (χ4n) is 2.82. The van der Waals surface area contributed by atoms with Crippen LogP contribution in [0.5, 0.6) is 11.5 Å². The van der Waals surface area contributed by atoms with E-state index in [1.807, 2.05) is 26.0 Å². The van der Waals surface area contributed by atoms with Crippen molar-refractivity contribution in [3.8, 4) is 34.3 Å². The van der Waals surface area contributed by atoms with Crippen LogP contribution in [0.2, 0.25) is 0 Å². The van der Waals surface area contributed by atoms with Crippen molar-refractivity contribution < 1.29 is 23.9 Å². The molecule has 0 amide bonds. The van der Waals surface area contributed by atoms with Crippen LogP contribution in [0.15, 0.2) is 28.8 Å². The van der Waals surface area contributed by atoms with Crippen LogP contribution in [0.25, 0.3) is 22.8 Å². The van der Waals surface area contributed by atoms with Crippen molar-refractivity contribution >= 4 is 5.97 Å². The van der Waals surface area contributed by atoms with E-state index >= 15 is 0 Å². The lowest BCUT2D eigenvalue weighted by atomic mass is 10.2. The van der Waals surface area contributed by atoms with Crippen LogP contribution in [0.4, 0.5) is 0 Å². The van der Waals surface area contributed by atoms with Gasteiger partial charge in [-0.15, -0.1) is 0 Å². The Labute approximate surface area is 150 Å². The summed E-state index contributed by atoms with van der Waals surface area (Å²) in [7, 11) is 3.12. The number of aryl methyl sites for hydroxylation is 1. The van der Waals surface area contributed by atoms with Crippen LogP contribution in [-0.4, -0.2) is 40.0 Å². The lowest BCUT2D eigenvalue weighted by Crippen LogP contribution is -2.11. The largest absolute Gasteiger partial charge is 0.493 e. The van der Waals surface area contributed by atoms with Gasteiger partial charge in [0, 0.05) is 17.0 Å². The molecule has 0 atom stereocenters. The van der Waals surface area contributed by atoms with Crippen LogP contribution < -0.4 is 9.47 Å². The number of aliphatic carboxylic acids is 1. The van der Waals surface area contributed by atoms with Gasteiger partial charge >= 0.3 is 5.97 Å². The maximum atomic E-state index is 11.0. The summed E-state index contributed by atoms with van der Waals surface area (Å²) in [5.74, 6) is 1.01. The van der Waals surface area contributed by atoms with Gasteiger partial charge in [0.2, 0.25) is 5.82 Å². The predicted molar refractivity (Wildman–Crippen MR) is 93.4 cm³/mol. The van der Waals surface area contributed by atoms with Crippen molar-refractivity contribution in [1.29, 1.82) is 0 Å². The van der Waals surface area contributed by atoms with Gasteiger partial charge in [-0.3, -0.25) is 4.79 Å². The third kappa shape index (κ3) is 3.13. The number of carboxylic acids is 1. The molecule has 0 aliphatic heterocycles. The topological polar surface area (TPSA) is 99.6 Å². The van der Waals surface area contributed by atoms with Gasteiger partial charge in [-0.25, -0.2) is 0 Å². The van der Waals surface area contributed by atoms with E-state index in [2.05, 4.69) is 10.1 Å². The Balaban J connectivity index is 1.97. The first-order chi connectivity index (χ1) is 12.4. The van der Waals surface area contributed by atoms with Gasteiger partial charge in [-0.1, -0.05) is 5.16 Å². The number of benzene rings is 1. The van der Waals surface area contributed by atoms with E-state index in [1.54, 1.807) is 30.9 Å². The molecule has 3 rings (SSSR count). The number of hydrogen-bond donors (Lipinski definition) is 1. The summed E-state index contributed by atoms with van der Waals surface area (Å²) < 4.78 is 17.6. The first kappa shape index (κ1) is 17.5. The Kier molecular flexibility index (Phi) is 4.66. The summed E-state index contributed by atoms with van der Waals surface area (Å²) in [6, 6.07) is 7.18. The average Bonchev–Trinajstić information content (AvgIpc) is 3.21. The van der Waals surface area contributed by atoms with E-state index in [1.165, 1.54) is 0 Å². The van der Waals surface area contributed by atoms with E-state index in [0.717, 1.165) is 17.0 Å². The number of nitrogens with zero attached hydrogens (tertiary/aromatic N) is 3. The Hall–Kier alpha value is -3.29. The minimum absolute atomic E-state index is 0.117. The molecule has 2 heterocycles. The molecule has 3 aromatic rings. The van der Waals surface area contributed by atoms with E-state index in [9.17, 15) is 4.79 Å². The van der Waals surface area contributed by atoms with Crippen molar-refractivity contribution in [1.82, 2.24) is 14.7 Å². The fraction of sp³-hybridized carbons (Fsp3) is 0.278. The van der Waals surface area contributed by atoms with Crippen molar-refractivity contribution in [3.63, 3.8) is 0 Å². The summed E-state index contributed by atoms with van der Waals surface area (Å²) >= 11 is 0. The monoisotopic (exact) mass is 357 g/mol. The molecule has 1 N–H and O–H groups in total. The molecule has 0 saturated carbocycles. The van der Waals surface area contributed by atoms with Crippen LogP contribution in [0, 0.1) is 13.8 Å². The highest BCUT2D eigenvalue weighted by Gasteiger charge is 2.19. The lowest BCUT2D eigenvalue weighted by molar-refractivity contribution is -0.137. The molecule has 0 radical (unpaired) electrons. The van der Waals surface area contributed by atoms with Gasteiger partial charge in [0.25, 0.3) is 5.89 Å². The summed E-state index contributed by atoms with van der Waals surface area (Å²) in [4.78, 5) is 15.5. The zero-order chi connectivity index (χ0) is 18.8. The highest BCUT2D eigenvalue weighted by atomic mass is 16.5. The van der Waals surface area contributed by atoms with E-state index in [-0.39, 0.29) is 6.54 Å². The molecule has 0 unspecified atom stereocenters. The molecule has 8 heteroatoms. The van der Waals surface area contributed by atoms with E-state index in [0.29, 0.717) is 28.8 Å². The van der Waals surface area contributed by atoms with Crippen molar-refractivity contribution in [2.75, 3.05) is 14.2 Å². The van der Waals surface area contributed by atoms with Crippen LogP contribution in [0.3, 0.4) is 0 Å². The second-order valence-electron chi connectivity index (χ2n) is 5.76. The van der Waals surface area contributed by atoms with Gasteiger partial charge in [0.05, 0.1) is 19.8 Å². The molecule has 0 aliphatic rings. The number of carbonyl (C=O) groups is 1. The smallest absolute Gasteiger partial charge is 0.323 e. The first-order valence-electron chi connectivity index (χ1n) is 7.89. The number of ether oxygens (including phenoxy) is 2. The van der Waals surface area contributed by atoms with Crippen LogP contribution >= 0.6 is 0 Å².